The highest BCUT2D eigenvalue weighted by atomic mass is 32.2. The molecule has 2 aromatic carbocycles. The summed E-state index contributed by atoms with van der Waals surface area (Å²) in [6.07, 6.45) is -5.30. The lowest BCUT2D eigenvalue weighted by Gasteiger charge is -2.05. The molecule has 0 nitrogen and oxygen atoms in total. The maximum atomic E-state index is 13.1. The molecule has 100 valence electrons. The van der Waals surface area contributed by atoms with E-state index in [0.717, 1.165) is 10.8 Å². The lowest BCUT2D eigenvalue weighted by atomic mass is 10.1. The number of alkyl halides is 3. The Kier molecular flexibility index (Phi) is 3.80. The molecule has 2 aromatic rings. The molecular formula is C13H7F5S. The van der Waals surface area contributed by atoms with E-state index in [1.807, 2.05) is 6.07 Å². The molecule has 0 aliphatic rings. The topological polar surface area (TPSA) is 0 Å². The van der Waals surface area contributed by atoms with Gasteiger partial charge in [-0.25, -0.2) is 0 Å². The molecule has 0 unspecified atom stereocenters. The van der Waals surface area contributed by atoms with E-state index in [9.17, 15) is 22.0 Å². The van der Waals surface area contributed by atoms with Crippen molar-refractivity contribution in [2.45, 2.75) is 11.1 Å². The molecule has 0 amide bonds. The number of allylic oxidation sites excluding steroid dienone is 1. The first-order chi connectivity index (χ1) is 8.88. The van der Waals surface area contributed by atoms with Crippen molar-refractivity contribution < 1.29 is 22.0 Å². The normalized spacial score (nSPS) is 13.5. The monoisotopic (exact) mass is 290 g/mol. The SMILES string of the molecule is F/C(Sc1ccc2ccccc2c1)=C(/F)C(F)(F)F. The zero-order valence-electron chi connectivity index (χ0n) is 9.34. The van der Waals surface area contributed by atoms with Crippen LogP contribution in [0.25, 0.3) is 10.8 Å². The van der Waals surface area contributed by atoms with Gasteiger partial charge in [0.05, 0.1) is 0 Å². The fraction of sp³-hybridized carbons (Fsp3) is 0.0769. The van der Waals surface area contributed by atoms with Crippen LogP contribution in [-0.4, -0.2) is 6.18 Å². The van der Waals surface area contributed by atoms with Crippen LogP contribution in [0.15, 0.2) is 58.3 Å². The van der Waals surface area contributed by atoms with Crippen LogP contribution < -0.4 is 0 Å². The Bertz CT molecular complexity index is 630. The average molecular weight is 290 g/mol. The number of hydrogen-bond donors (Lipinski definition) is 0. The first-order valence-corrected chi connectivity index (χ1v) is 5.99. The van der Waals surface area contributed by atoms with Gasteiger partial charge in [0.25, 0.3) is 0 Å². The molecule has 0 radical (unpaired) electrons. The third-order valence-electron chi connectivity index (χ3n) is 2.35. The van der Waals surface area contributed by atoms with Crippen molar-refractivity contribution in [1.82, 2.24) is 0 Å². The molecule has 0 saturated heterocycles. The smallest absolute Gasteiger partial charge is 0.198 e. The van der Waals surface area contributed by atoms with Crippen LogP contribution in [0.2, 0.25) is 0 Å². The first-order valence-electron chi connectivity index (χ1n) is 5.17. The van der Waals surface area contributed by atoms with E-state index >= 15 is 0 Å². The molecule has 6 heteroatoms. The summed E-state index contributed by atoms with van der Waals surface area (Å²) in [5.74, 6) is -2.70. The van der Waals surface area contributed by atoms with Gasteiger partial charge >= 0.3 is 6.18 Å². The summed E-state index contributed by atoms with van der Waals surface area (Å²) in [5, 5.41) is -0.275. The Hall–Kier alpha value is -1.56. The molecule has 2 rings (SSSR count). The van der Waals surface area contributed by atoms with Gasteiger partial charge in [0.1, 0.15) is 0 Å². The lowest BCUT2D eigenvalue weighted by molar-refractivity contribution is -0.110. The molecule has 19 heavy (non-hydrogen) atoms. The van der Waals surface area contributed by atoms with E-state index in [0.29, 0.717) is 0 Å². The molecule has 0 N–H and O–H groups in total. The Labute approximate surface area is 109 Å². The van der Waals surface area contributed by atoms with Crippen molar-refractivity contribution in [1.29, 1.82) is 0 Å². The van der Waals surface area contributed by atoms with Crippen LogP contribution in [0.4, 0.5) is 22.0 Å². The van der Waals surface area contributed by atoms with E-state index in [1.165, 1.54) is 12.1 Å². The predicted octanol–water partition coefficient (Wildman–Crippen LogP) is 5.60. The van der Waals surface area contributed by atoms with Crippen LogP contribution in [-0.2, 0) is 0 Å². The summed E-state index contributed by atoms with van der Waals surface area (Å²) in [5.41, 5.74) is 0. The van der Waals surface area contributed by atoms with Crippen LogP contribution in [0.1, 0.15) is 0 Å². The minimum atomic E-state index is -5.30. The van der Waals surface area contributed by atoms with E-state index < -0.39 is 17.2 Å². The van der Waals surface area contributed by atoms with Gasteiger partial charge in [-0.15, -0.1) is 0 Å². The number of halogens is 5. The second-order valence-corrected chi connectivity index (χ2v) is 4.73. The molecule has 0 fully saturated rings. The number of thioether (sulfide) groups is 1. The number of rotatable bonds is 2. The maximum Gasteiger partial charge on any atom is 0.446 e. The van der Waals surface area contributed by atoms with Crippen molar-refractivity contribution in [2.24, 2.45) is 0 Å². The van der Waals surface area contributed by atoms with Crippen molar-refractivity contribution in [3.8, 4) is 0 Å². The summed E-state index contributed by atoms with van der Waals surface area (Å²) in [6, 6.07) is 11.7. The highest BCUT2D eigenvalue weighted by Gasteiger charge is 2.38. The Morgan fingerprint density at radius 2 is 1.53 bits per heavy atom. The third-order valence-corrected chi connectivity index (χ3v) is 3.20. The summed E-state index contributed by atoms with van der Waals surface area (Å²) in [4.78, 5) is 0.204. The minimum absolute atomic E-state index is 0.111. The summed E-state index contributed by atoms with van der Waals surface area (Å²) < 4.78 is 61.7. The van der Waals surface area contributed by atoms with Crippen molar-refractivity contribution in [2.75, 3.05) is 0 Å². The standard InChI is InChI=1S/C13H7F5S/c14-11(13(16,17)18)12(15)19-10-6-5-8-3-1-2-4-9(8)7-10/h1-7H/b12-11-. The molecule has 0 aliphatic carbocycles. The van der Waals surface area contributed by atoms with E-state index in [1.54, 1.807) is 24.3 Å². The molecule has 0 spiro atoms. The zero-order valence-corrected chi connectivity index (χ0v) is 10.2. The molecule has 0 atom stereocenters. The largest absolute Gasteiger partial charge is 0.446 e. The highest BCUT2D eigenvalue weighted by Crippen LogP contribution is 2.38. The first kappa shape index (κ1) is 13.9. The molecule has 0 heterocycles. The van der Waals surface area contributed by atoms with Crippen molar-refractivity contribution in [3.05, 3.63) is 53.5 Å². The fourth-order valence-electron chi connectivity index (χ4n) is 1.49. The molecule has 0 bridgehead atoms. The quantitative estimate of drug-likeness (QED) is 0.512. The zero-order chi connectivity index (χ0) is 14.0. The van der Waals surface area contributed by atoms with Gasteiger partial charge in [0, 0.05) is 4.90 Å². The number of hydrogen-bond acceptors (Lipinski definition) is 1. The van der Waals surface area contributed by atoms with Gasteiger partial charge in [0.15, 0.2) is 0 Å². The lowest BCUT2D eigenvalue weighted by Crippen LogP contribution is -2.08. The predicted molar refractivity (Wildman–Crippen MR) is 65.1 cm³/mol. The van der Waals surface area contributed by atoms with Gasteiger partial charge in [-0.2, -0.15) is 22.0 Å². The molecule has 0 aliphatic heterocycles. The fourth-order valence-corrected chi connectivity index (χ4v) is 2.22. The van der Waals surface area contributed by atoms with Gasteiger partial charge in [-0.05, 0) is 22.9 Å². The van der Waals surface area contributed by atoms with Crippen LogP contribution in [0.5, 0.6) is 0 Å². The summed E-state index contributed by atoms with van der Waals surface area (Å²) >= 11 is 0.111. The van der Waals surface area contributed by atoms with Crippen LogP contribution >= 0.6 is 11.8 Å². The minimum Gasteiger partial charge on any atom is -0.198 e. The van der Waals surface area contributed by atoms with Gasteiger partial charge < -0.3 is 0 Å². The van der Waals surface area contributed by atoms with Crippen molar-refractivity contribution >= 4 is 22.5 Å². The second-order valence-electron chi connectivity index (χ2n) is 3.70. The summed E-state index contributed by atoms with van der Waals surface area (Å²) in [6.45, 7) is 0. The molecule has 0 saturated carbocycles. The summed E-state index contributed by atoms with van der Waals surface area (Å²) in [7, 11) is 0. The molecule has 0 aromatic heterocycles. The van der Waals surface area contributed by atoms with Gasteiger partial charge in [-0.3, -0.25) is 0 Å². The van der Waals surface area contributed by atoms with Crippen molar-refractivity contribution in [3.63, 3.8) is 0 Å². The third kappa shape index (κ3) is 3.26. The average Bonchev–Trinajstić information content (AvgIpc) is 2.36. The number of benzene rings is 2. The Morgan fingerprint density at radius 3 is 2.16 bits per heavy atom. The van der Waals surface area contributed by atoms with Gasteiger partial charge in [-0.1, -0.05) is 42.1 Å². The maximum absolute atomic E-state index is 13.1. The van der Waals surface area contributed by atoms with E-state index in [2.05, 4.69) is 0 Å². The highest BCUT2D eigenvalue weighted by molar-refractivity contribution is 8.02. The second kappa shape index (κ2) is 5.21. The van der Waals surface area contributed by atoms with E-state index in [4.69, 9.17) is 0 Å². The Morgan fingerprint density at radius 1 is 0.895 bits per heavy atom. The Balaban J connectivity index is 2.31. The van der Waals surface area contributed by atoms with E-state index in [-0.39, 0.29) is 16.7 Å². The van der Waals surface area contributed by atoms with Crippen LogP contribution in [0, 0.1) is 0 Å². The number of fused-ring (bicyclic) bond motifs is 1. The van der Waals surface area contributed by atoms with Gasteiger partial charge in [0.2, 0.25) is 11.0 Å². The van der Waals surface area contributed by atoms with Crippen LogP contribution in [0.3, 0.4) is 0 Å². The molecular weight excluding hydrogens is 283 g/mol.